The van der Waals surface area contributed by atoms with Crippen LogP contribution in [0.15, 0.2) is 36.9 Å². The van der Waals surface area contributed by atoms with Gasteiger partial charge >= 0.3 is 0 Å². The molecule has 1 aromatic heterocycles. The largest absolute Gasteiger partial charge is 0.288 e. The summed E-state index contributed by atoms with van der Waals surface area (Å²) >= 11 is 5.77. The Morgan fingerprint density at radius 1 is 1.25 bits per heavy atom. The van der Waals surface area contributed by atoms with Gasteiger partial charge in [0.25, 0.3) is 0 Å². The molecule has 0 spiro atoms. The van der Waals surface area contributed by atoms with Crippen LogP contribution in [0.25, 0.3) is 0 Å². The molecule has 2 aromatic rings. The van der Waals surface area contributed by atoms with Crippen molar-refractivity contribution in [3.05, 3.63) is 58.9 Å². The molecule has 0 amide bonds. The molecule has 0 bridgehead atoms. The monoisotopic (exact) mass is 236 g/mol. The molecule has 3 nitrogen and oxygen atoms in total. The Morgan fingerprint density at radius 2 is 1.94 bits per heavy atom. The summed E-state index contributed by atoms with van der Waals surface area (Å²) in [7, 11) is 0. The highest BCUT2D eigenvalue weighted by atomic mass is 35.5. The molecule has 0 aliphatic heterocycles. The fourth-order valence-electron chi connectivity index (χ4n) is 1.25. The van der Waals surface area contributed by atoms with Crippen molar-refractivity contribution in [2.75, 3.05) is 0 Å². The maximum atomic E-state index is 12.8. The fraction of sp³-hybridized carbons (Fsp3) is 0. The SMILES string of the molecule is O=C(c1cncnc1)c1ccc(F)cc1Cl. The van der Waals surface area contributed by atoms with E-state index >= 15 is 0 Å². The van der Waals surface area contributed by atoms with E-state index < -0.39 is 5.82 Å². The highest BCUT2D eigenvalue weighted by Crippen LogP contribution is 2.19. The molecule has 0 aliphatic rings. The smallest absolute Gasteiger partial charge is 0.197 e. The van der Waals surface area contributed by atoms with Gasteiger partial charge in [-0.25, -0.2) is 14.4 Å². The van der Waals surface area contributed by atoms with Crippen LogP contribution in [0.5, 0.6) is 0 Å². The van der Waals surface area contributed by atoms with Crippen molar-refractivity contribution < 1.29 is 9.18 Å². The van der Waals surface area contributed by atoms with Gasteiger partial charge in [-0.2, -0.15) is 0 Å². The summed E-state index contributed by atoms with van der Waals surface area (Å²) in [5.74, 6) is -0.809. The minimum atomic E-state index is -0.481. The second-order valence-electron chi connectivity index (χ2n) is 3.08. The van der Waals surface area contributed by atoms with E-state index in [1.807, 2.05) is 0 Å². The minimum absolute atomic E-state index is 0.0776. The van der Waals surface area contributed by atoms with Crippen LogP contribution in [0.4, 0.5) is 4.39 Å². The van der Waals surface area contributed by atoms with Crippen molar-refractivity contribution in [1.29, 1.82) is 0 Å². The molecule has 2 rings (SSSR count). The number of halogens is 2. The number of hydrogen-bond donors (Lipinski definition) is 0. The number of carbonyl (C=O) groups excluding carboxylic acids is 1. The summed E-state index contributed by atoms with van der Waals surface area (Å²) < 4.78 is 12.8. The molecule has 0 N–H and O–H groups in total. The molecular formula is C11H6ClFN2O. The maximum Gasteiger partial charge on any atom is 0.197 e. The third kappa shape index (κ3) is 2.06. The molecule has 80 valence electrons. The van der Waals surface area contributed by atoms with Crippen LogP contribution in [0.3, 0.4) is 0 Å². The predicted molar refractivity (Wildman–Crippen MR) is 56.9 cm³/mol. The third-order valence-corrected chi connectivity index (χ3v) is 2.31. The summed E-state index contributed by atoms with van der Waals surface area (Å²) in [6.07, 6.45) is 4.09. The molecule has 0 aliphatic carbocycles. The van der Waals surface area contributed by atoms with E-state index in [1.54, 1.807) is 0 Å². The summed E-state index contributed by atoms with van der Waals surface area (Å²) in [5.41, 5.74) is 0.550. The Labute approximate surface area is 95.9 Å². The fourth-order valence-corrected chi connectivity index (χ4v) is 1.50. The quantitative estimate of drug-likeness (QED) is 0.753. The summed E-state index contributed by atoms with van der Waals surface area (Å²) in [6, 6.07) is 3.62. The minimum Gasteiger partial charge on any atom is -0.288 e. The van der Waals surface area contributed by atoms with Crippen molar-refractivity contribution >= 4 is 17.4 Å². The van der Waals surface area contributed by atoms with Gasteiger partial charge in [-0.3, -0.25) is 4.79 Å². The number of ketones is 1. The average Bonchev–Trinajstić information content (AvgIpc) is 2.29. The second-order valence-corrected chi connectivity index (χ2v) is 3.49. The number of nitrogens with zero attached hydrogens (tertiary/aromatic N) is 2. The van der Waals surface area contributed by atoms with Crippen LogP contribution < -0.4 is 0 Å². The Kier molecular flexibility index (Phi) is 2.92. The van der Waals surface area contributed by atoms with E-state index in [1.165, 1.54) is 30.9 Å². The highest BCUT2D eigenvalue weighted by Gasteiger charge is 2.13. The van der Waals surface area contributed by atoms with E-state index in [9.17, 15) is 9.18 Å². The first kappa shape index (κ1) is 10.7. The molecule has 0 atom stereocenters. The number of aromatic nitrogens is 2. The maximum absolute atomic E-state index is 12.8. The normalized spacial score (nSPS) is 10.1. The zero-order chi connectivity index (χ0) is 11.5. The second kappa shape index (κ2) is 4.37. The lowest BCUT2D eigenvalue weighted by Crippen LogP contribution is -2.03. The van der Waals surface area contributed by atoms with E-state index in [2.05, 4.69) is 9.97 Å². The molecule has 16 heavy (non-hydrogen) atoms. The average molecular weight is 237 g/mol. The molecule has 0 radical (unpaired) electrons. The summed E-state index contributed by atoms with van der Waals surface area (Å²) in [4.78, 5) is 19.4. The Bertz CT molecular complexity index is 531. The predicted octanol–water partition coefficient (Wildman–Crippen LogP) is 2.50. The number of rotatable bonds is 2. The summed E-state index contributed by atoms with van der Waals surface area (Å²) in [6.45, 7) is 0. The Hall–Kier alpha value is -1.81. The van der Waals surface area contributed by atoms with Gasteiger partial charge in [0, 0.05) is 18.0 Å². The first-order valence-electron chi connectivity index (χ1n) is 4.43. The zero-order valence-corrected chi connectivity index (χ0v) is 8.78. The number of carbonyl (C=O) groups is 1. The summed E-state index contributed by atoms with van der Waals surface area (Å²) in [5, 5.41) is 0.0776. The Morgan fingerprint density at radius 3 is 2.56 bits per heavy atom. The van der Waals surface area contributed by atoms with Gasteiger partial charge in [0.1, 0.15) is 12.1 Å². The van der Waals surface area contributed by atoms with E-state index in [0.29, 0.717) is 5.56 Å². The van der Waals surface area contributed by atoms with Gasteiger partial charge in [-0.05, 0) is 18.2 Å². The first-order chi connectivity index (χ1) is 7.68. The van der Waals surface area contributed by atoms with Crippen LogP contribution >= 0.6 is 11.6 Å². The molecule has 0 fully saturated rings. The zero-order valence-electron chi connectivity index (χ0n) is 8.02. The molecule has 1 aromatic carbocycles. The van der Waals surface area contributed by atoms with Crippen LogP contribution in [-0.2, 0) is 0 Å². The van der Waals surface area contributed by atoms with Gasteiger partial charge in [0.15, 0.2) is 5.78 Å². The van der Waals surface area contributed by atoms with Crippen molar-refractivity contribution in [3.8, 4) is 0 Å². The van der Waals surface area contributed by atoms with E-state index in [4.69, 9.17) is 11.6 Å². The molecule has 5 heteroatoms. The number of benzene rings is 1. The first-order valence-corrected chi connectivity index (χ1v) is 4.81. The lowest BCUT2D eigenvalue weighted by Gasteiger charge is -2.02. The topological polar surface area (TPSA) is 42.9 Å². The van der Waals surface area contributed by atoms with Gasteiger partial charge in [0.2, 0.25) is 0 Å². The standard InChI is InChI=1S/C11H6ClFN2O/c12-10-3-8(13)1-2-9(10)11(16)7-4-14-6-15-5-7/h1-6H. The van der Waals surface area contributed by atoms with Crippen LogP contribution in [0, 0.1) is 5.82 Å². The van der Waals surface area contributed by atoms with Gasteiger partial charge < -0.3 is 0 Å². The van der Waals surface area contributed by atoms with Crippen molar-refractivity contribution in [2.24, 2.45) is 0 Å². The molecular weight excluding hydrogens is 231 g/mol. The molecule has 1 heterocycles. The Balaban J connectivity index is 2.42. The van der Waals surface area contributed by atoms with Crippen molar-refractivity contribution in [2.45, 2.75) is 0 Å². The van der Waals surface area contributed by atoms with Crippen LogP contribution in [0.2, 0.25) is 5.02 Å². The van der Waals surface area contributed by atoms with E-state index in [0.717, 1.165) is 6.07 Å². The van der Waals surface area contributed by atoms with Crippen LogP contribution in [0.1, 0.15) is 15.9 Å². The molecule has 0 unspecified atom stereocenters. The van der Waals surface area contributed by atoms with Crippen molar-refractivity contribution in [3.63, 3.8) is 0 Å². The van der Waals surface area contributed by atoms with Crippen LogP contribution in [-0.4, -0.2) is 15.8 Å². The highest BCUT2D eigenvalue weighted by molar-refractivity contribution is 6.34. The third-order valence-electron chi connectivity index (χ3n) is 2.00. The van der Waals surface area contributed by atoms with Gasteiger partial charge in [0.05, 0.1) is 10.6 Å². The number of hydrogen-bond acceptors (Lipinski definition) is 3. The lowest BCUT2D eigenvalue weighted by atomic mass is 10.1. The van der Waals surface area contributed by atoms with Gasteiger partial charge in [-0.1, -0.05) is 11.6 Å². The molecule has 0 saturated carbocycles. The van der Waals surface area contributed by atoms with Gasteiger partial charge in [-0.15, -0.1) is 0 Å². The lowest BCUT2D eigenvalue weighted by molar-refractivity contribution is 0.103. The van der Waals surface area contributed by atoms with E-state index in [-0.39, 0.29) is 16.4 Å². The van der Waals surface area contributed by atoms with Crippen molar-refractivity contribution in [1.82, 2.24) is 9.97 Å². The molecule has 0 saturated heterocycles.